The van der Waals surface area contributed by atoms with Gasteiger partial charge in [-0.05, 0) is 34.1 Å². The Kier molecular flexibility index (Phi) is 3.66. The number of nitrogens with two attached hydrogens (primary N) is 1. The van der Waals surface area contributed by atoms with E-state index >= 15 is 0 Å². The Labute approximate surface area is 91.1 Å². The summed E-state index contributed by atoms with van der Waals surface area (Å²) in [7, 11) is 0. The number of hydrogen-bond donors (Lipinski definition) is 2. The van der Waals surface area contributed by atoms with Gasteiger partial charge in [-0.25, -0.2) is 0 Å². The molecule has 0 saturated carbocycles. The molecule has 0 saturated heterocycles. The van der Waals surface area contributed by atoms with Crippen molar-refractivity contribution in [2.75, 3.05) is 6.54 Å². The maximum Gasteiger partial charge on any atom is 0.166 e. The lowest BCUT2D eigenvalue weighted by Gasteiger charge is -2.07. The molecule has 0 fully saturated rings. The highest BCUT2D eigenvalue weighted by Crippen LogP contribution is 2.25. The summed E-state index contributed by atoms with van der Waals surface area (Å²) in [6.07, 6.45) is 0. The Hall–Kier alpha value is -0.870. The summed E-state index contributed by atoms with van der Waals surface area (Å²) in [6.45, 7) is 2.11. The molecule has 0 radical (unpaired) electrons. The molecule has 3 nitrogen and oxygen atoms in total. The van der Waals surface area contributed by atoms with Gasteiger partial charge >= 0.3 is 0 Å². The lowest BCUT2D eigenvalue weighted by Crippen LogP contribution is -2.20. The second-order valence-electron chi connectivity index (χ2n) is 3.17. The van der Waals surface area contributed by atoms with Gasteiger partial charge in [0.2, 0.25) is 0 Å². The van der Waals surface area contributed by atoms with E-state index in [-0.39, 0.29) is 17.5 Å². The van der Waals surface area contributed by atoms with Crippen LogP contribution in [0.15, 0.2) is 22.7 Å². The molecule has 4 heteroatoms. The van der Waals surface area contributed by atoms with Crippen molar-refractivity contribution in [3.8, 4) is 5.75 Å². The van der Waals surface area contributed by atoms with Crippen LogP contribution < -0.4 is 5.73 Å². The Morgan fingerprint density at radius 1 is 1.64 bits per heavy atom. The summed E-state index contributed by atoms with van der Waals surface area (Å²) >= 11 is 3.15. The van der Waals surface area contributed by atoms with E-state index < -0.39 is 0 Å². The molecule has 1 aromatic carbocycles. The van der Waals surface area contributed by atoms with Crippen LogP contribution in [0.5, 0.6) is 5.75 Å². The van der Waals surface area contributed by atoms with Crippen LogP contribution in [-0.4, -0.2) is 17.4 Å². The molecule has 76 valence electrons. The van der Waals surface area contributed by atoms with E-state index in [0.29, 0.717) is 16.6 Å². The fraction of sp³-hybridized carbons (Fsp3) is 0.300. The first kappa shape index (κ1) is 11.2. The van der Waals surface area contributed by atoms with Gasteiger partial charge in [0.1, 0.15) is 5.75 Å². The molecule has 0 aliphatic heterocycles. The molecule has 0 aliphatic carbocycles. The predicted molar refractivity (Wildman–Crippen MR) is 58.4 cm³/mol. The minimum atomic E-state index is -0.188. The average Bonchev–Trinajstić information content (AvgIpc) is 2.20. The fourth-order valence-corrected chi connectivity index (χ4v) is 1.43. The minimum Gasteiger partial charge on any atom is -0.507 e. The Morgan fingerprint density at radius 2 is 2.29 bits per heavy atom. The SMILES string of the molecule is CC(CN)C(=O)c1ccc(O)c(Br)c1. The number of rotatable bonds is 3. The number of Topliss-reactive ketones (excluding diaryl/α,β-unsaturated/α-hetero) is 1. The number of phenolic OH excluding ortho intramolecular Hbond substituents is 1. The molecule has 1 rings (SSSR count). The highest BCUT2D eigenvalue weighted by molar-refractivity contribution is 9.10. The summed E-state index contributed by atoms with van der Waals surface area (Å²) < 4.78 is 0.521. The molecule has 1 aromatic rings. The third kappa shape index (κ3) is 2.33. The van der Waals surface area contributed by atoms with Crippen molar-refractivity contribution >= 4 is 21.7 Å². The van der Waals surface area contributed by atoms with Crippen LogP contribution in [0.3, 0.4) is 0 Å². The predicted octanol–water partition coefficient (Wildman–Crippen LogP) is 1.93. The van der Waals surface area contributed by atoms with Crippen LogP contribution in [0.2, 0.25) is 0 Å². The zero-order valence-electron chi connectivity index (χ0n) is 7.83. The summed E-state index contributed by atoms with van der Waals surface area (Å²) in [5.41, 5.74) is 5.96. The smallest absolute Gasteiger partial charge is 0.166 e. The second kappa shape index (κ2) is 4.57. The first-order valence-corrected chi connectivity index (χ1v) is 5.08. The van der Waals surface area contributed by atoms with Gasteiger partial charge < -0.3 is 10.8 Å². The van der Waals surface area contributed by atoms with E-state index in [0.717, 1.165) is 0 Å². The number of carbonyl (C=O) groups excluding carboxylic acids is 1. The van der Waals surface area contributed by atoms with Crippen LogP contribution in [-0.2, 0) is 0 Å². The lowest BCUT2D eigenvalue weighted by molar-refractivity contribution is 0.0934. The van der Waals surface area contributed by atoms with Gasteiger partial charge in [0.15, 0.2) is 5.78 Å². The van der Waals surface area contributed by atoms with E-state index in [2.05, 4.69) is 15.9 Å². The van der Waals surface area contributed by atoms with Crippen molar-refractivity contribution in [2.24, 2.45) is 11.7 Å². The molecule has 1 unspecified atom stereocenters. The van der Waals surface area contributed by atoms with Crippen molar-refractivity contribution in [1.29, 1.82) is 0 Å². The summed E-state index contributed by atoms with van der Waals surface area (Å²) in [6, 6.07) is 4.68. The highest BCUT2D eigenvalue weighted by Gasteiger charge is 2.14. The first-order valence-electron chi connectivity index (χ1n) is 4.29. The van der Waals surface area contributed by atoms with Gasteiger partial charge in [-0.3, -0.25) is 4.79 Å². The lowest BCUT2D eigenvalue weighted by atomic mass is 10.00. The Balaban J connectivity index is 2.97. The van der Waals surface area contributed by atoms with Crippen LogP contribution in [0.1, 0.15) is 17.3 Å². The molecule has 0 amide bonds. The standard InChI is InChI=1S/C10H12BrNO2/c1-6(5-12)10(14)7-2-3-9(13)8(11)4-7/h2-4,6,13H,5,12H2,1H3. The Bertz CT molecular complexity index is 352. The van der Waals surface area contributed by atoms with Crippen LogP contribution >= 0.6 is 15.9 Å². The number of aromatic hydroxyl groups is 1. The zero-order valence-corrected chi connectivity index (χ0v) is 9.41. The van der Waals surface area contributed by atoms with Crippen LogP contribution in [0, 0.1) is 5.92 Å². The normalized spacial score (nSPS) is 12.5. The summed E-state index contributed by atoms with van der Waals surface area (Å²) in [5, 5.41) is 9.24. The van der Waals surface area contributed by atoms with E-state index in [9.17, 15) is 9.90 Å². The van der Waals surface area contributed by atoms with E-state index in [1.807, 2.05) is 0 Å². The van der Waals surface area contributed by atoms with Gasteiger partial charge in [0, 0.05) is 18.0 Å². The average molecular weight is 258 g/mol. The molecule has 14 heavy (non-hydrogen) atoms. The van der Waals surface area contributed by atoms with Gasteiger partial charge in [-0.1, -0.05) is 6.92 Å². The van der Waals surface area contributed by atoms with E-state index in [1.54, 1.807) is 19.1 Å². The Morgan fingerprint density at radius 3 is 2.79 bits per heavy atom. The molecule has 0 bridgehead atoms. The van der Waals surface area contributed by atoms with Crippen molar-refractivity contribution in [2.45, 2.75) is 6.92 Å². The fourth-order valence-electron chi connectivity index (χ4n) is 1.05. The quantitative estimate of drug-likeness (QED) is 0.814. The molecule has 0 spiro atoms. The van der Waals surface area contributed by atoms with Crippen molar-refractivity contribution in [3.05, 3.63) is 28.2 Å². The van der Waals surface area contributed by atoms with Gasteiger partial charge in [-0.2, -0.15) is 0 Å². The van der Waals surface area contributed by atoms with Crippen LogP contribution in [0.25, 0.3) is 0 Å². The minimum absolute atomic E-state index is 0.00630. The van der Waals surface area contributed by atoms with Gasteiger partial charge in [0.25, 0.3) is 0 Å². The molecule has 0 aliphatic rings. The van der Waals surface area contributed by atoms with Gasteiger partial charge in [0.05, 0.1) is 4.47 Å². The molecular formula is C10H12BrNO2. The maximum atomic E-state index is 11.7. The molecule has 3 N–H and O–H groups in total. The van der Waals surface area contributed by atoms with Crippen molar-refractivity contribution in [3.63, 3.8) is 0 Å². The van der Waals surface area contributed by atoms with E-state index in [4.69, 9.17) is 5.73 Å². The number of ketones is 1. The zero-order chi connectivity index (χ0) is 10.7. The number of benzene rings is 1. The van der Waals surface area contributed by atoms with Crippen molar-refractivity contribution < 1.29 is 9.90 Å². The number of halogens is 1. The third-order valence-corrected chi connectivity index (χ3v) is 2.67. The van der Waals surface area contributed by atoms with E-state index in [1.165, 1.54) is 6.07 Å². The van der Waals surface area contributed by atoms with Gasteiger partial charge in [-0.15, -0.1) is 0 Å². The van der Waals surface area contributed by atoms with Crippen molar-refractivity contribution in [1.82, 2.24) is 0 Å². The molecule has 0 heterocycles. The monoisotopic (exact) mass is 257 g/mol. The molecule has 1 atom stereocenters. The second-order valence-corrected chi connectivity index (χ2v) is 4.02. The van der Waals surface area contributed by atoms with Crippen LogP contribution in [0.4, 0.5) is 0 Å². The third-order valence-electron chi connectivity index (χ3n) is 2.03. The first-order chi connectivity index (χ1) is 6.56. The number of phenols is 1. The maximum absolute atomic E-state index is 11.7. The summed E-state index contributed by atoms with van der Waals surface area (Å²) in [4.78, 5) is 11.7. The molecular weight excluding hydrogens is 246 g/mol. The number of hydrogen-bond acceptors (Lipinski definition) is 3. The number of carbonyl (C=O) groups is 1. The summed E-state index contributed by atoms with van der Waals surface area (Å²) in [5.74, 6) is -0.0680. The largest absolute Gasteiger partial charge is 0.507 e. The topological polar surface area (TPSA) is 63.3 Å². The molecule has 0 aromatic heterocycles. The highest BCUT2D eigenvalue weighted by atomic mass is 79.9.